The van der Waals surface area contributed by atoms with E-state index in [4.69, 9.17) is 11.5 Å². The van der Waals surface area contributed by atoms with Crippen LogP contribution in [0, 0.1) is 11.6 Å². The van der Waals surface area contributed by atoms with Crippen LogP contribution in [0.2, 0.25) is 0 Å². The van der Waals surface area contributed by atoms with Crippen molar-refractivity contribution in [3.63, 3.8) is 0 Å². The second-order valence-corrected chi connectivity index (χ2v) is 2.16. The number of hydrogen-bond donors (Lipinski definition) is 2. The third-order valence-electron chi connectivity index (χ3n) is 1.40. The van der Waals surface area contributed by atoms with E-state index < -0.39 is 11.6 Å². The van der Waals surface area contributed by atoms with Gasteiger partial charge in [-0.05, 0) is 11.6 Å². The standard InChI is InChI=1S/C7H8F2N2/c8-5-1-4(3-10)7(11)6(9)2-5/h1-2H,3,10-11H2. The van der Waals surface area contributed by atoms with Gasteiger partial charge in [-0.15, -0.1) is 0 Å². The number of anilines is 1. The van der Waals surface area contributed by atoms with Crippen LogP contribution in [0.25, 0.3) is 0 Å². The maximum Gasteiger partial charge on any atom is 0.149 e. The molecule has 0 heterocycles. The molecule has 11 heavy (non-hydrogen) atoms. The van der Waals surface area contributed by atoms with E-state index >= 15 is 0 Å². The van der Waals surface area contributed by atoms with Crippen LogP contribution < -0.4 is 11.5 Å². The number of benzene rings is 1. The molecule has 0 saturated carbocycles. The molecule has 1 aromatic carbocycles. The summed E-state index contributed by atoms with van der Waals surface area (Å²) in [4.78, 5) is 0. The highest BCUT2D eigenvalue weighted by Crippen LogP contribution is 2.17. The molecule has 2 nitrogen and oxygen atoms in total. The van der Waals surface area contributed by atoms with Crippen molar-refractivity contribution >= 4 is 5.69 Å². The predicted octanol–water partition coefficient (Wildman–Crippen LogP) is 1.01. The van der Waals surface area contributed by atoms with Crippen molar-refractivity contribution in [3.05, 3.63) is 29.3 Å². The summed E-state index contributed by atoms with van der Waals surface area (Å²) in [5.74, 6) is -1.41. The lowest BCUT2D eigenvalue weighted by Crippen LogP contribution is -2.04. The smallest absolute Gasteiger partial charge is 0.149 e. The molecule has 60 valence electrons. The van der Waals surface area contributed by atoms with E-state index in [0.717, 1.165) is 12.1 Å². The molecule has 0 atom stereocenters. The second-order valence-electron chi connectivity index (χ2n) is 2.16. The highest BCUT2D eigenvalue weighted by molar-refractivity contribution is 5.48. The molecular weight excluding hydrogens is 150 g/mol. The van der Waals surface area contributed by atoms with Gasteiger partial charge in [-0.25, -0.2) is 8.78 Å². The summed E-state index contributed by atoms with van der Waals surface area (Å²) < 4.78 is 25.1. The zero-order chi connectivity index (χ0) is 8.43. The van der Waals surface area contributed by atoms with Crippen molar-refractivity contribution in [2.24, 2.45) is 5.73 Å². The Morgan fingerprint density at radius 3 is 2.45 bits per heavy atom. The molecule has 0 fully saturated rings. The first-order valence-corrected chi connectivity index (χ1v) is 3.08. The van der Waals surface area contributed by atoms with Crippen molar-refractivity contribution in [1.82, 2.24) is 0 Å². The minimum Gasteiger partial charge on any atom is -0.396 e. The molecule has 0 aliphatic rings. The molecule has 0 aliphatic heterocycles. The quantitative estimate of drug-likeness (QED) is 0.599. The summed E-state index contributed by atoms with van der Waals surface area (Å²) in [6.45, 7) is 0.0422. The zero-order valence-electron chi connectivity index (χ0n) is 5.77. The molecule has 0 radical (unpaired) electrons. The van der Waals surface area contributed by atoms with Gasteiger partial charge in [0.15, 0.2) is 0 Å². The number of rotatable bonds is 1. The first-order chi connectivity index (χ1) is 5.15. The zero-order valence-corrected chi connectivity index (χ0v) is 5.77. The van der Waals surface area contributed by atoms with Gasteiger partial charge >= 0.3 is 0 Å². The Morgan fingerprint density at radius 2 is 1.91 bits per heavy atom. The Balaban J connectivity index is 3.24. The van der Waals surface area contributed by atoms with Crippen LogP contribution in [0.1, 0.15) is 5.56 Å². The number of nitrogens with two attached hydrogens (primary N) is 2. The maximum atomic E-state index is 12.6. The summed E-state index contributed by atoms with van der Waals surface area (Å²) in [6, 6.07) is 1.85. The molecule has 0 bridgehead atoms. The van der Waals surface area contributed by atoms with Gasteiger partial charge in [0, 0.05) is 12.6 Å². The fourth-order valence-electron chi connectivity index (χ4n) is 0.807. The van der Waals surface area contributed by atoms with Gasteiger partial charge in [0.1, 0.15) is 11.6 Å². The van der Waals surface area contributed by atoms with Crippen molar-refractivity contribution in [3.8, 4) is 0 Å². The maximum absolute atomic E-state index is 12.6. The minimum absolute atomic E-state index is 0.0422. The van der Waals surface area contributed by atoms with Crippen LogP contribution in [0.4, 0.5) is 14.5 Å². The largest absolute Gasteiger partial charge is 0.396 e. The minimum atomic E-state index is -0.759. The Kier molecular flexibility index (Phi) is 2.05. The van der Waals surface area contributed by atoms with Crippen LogP contribution in [-0.2, 0) is 6.54 Å². The third-order valence-corrected chi connectivity index (χ3v) is 1.40. The Hall–Kier alpha value is -1.16. The van der Waals surface area contributed by atoms with E-state index in [2.05, 4.69) is 0 Å². The van der Waals surface area contributed by atoms with E-state index in [9.17, 15) is 8.78 Å². The van der Waals surface area contributed by atoms with Gasteiger partial charge in [0.2, 0.25) is 0 Å². The summed E-state index contributed by atoms with van der Waals surface area (Å²) in [5, 5.41) is 0. The van der Waals surface area contributed by atoms with Gasteiger partial charge in [0.25, 0.3) is 0 Å². The predicted molar refractivity (Wildman–Crippen MR) is 38.7 cm³/mol. The SMILES string of the molecule is NCc1cc(F)cc(F)c1N. The van der Waals surface area contributed by atoms with Crippen molar-refractivity contribution in [1.29, 1.82) is 0 Å². The van der Waals surface area contributed by atoms with Crippen molar-refractivity contribution in [2.45, 2.75) is 6.54 Å². The Labute approximate surface area is 62.8 Å². The average molecular weight is 158 g/mol. The molecular formula is C7H8F2N2. The van der Waals surface area contributed by atoms with Gasteiger partial charge in [-0.3, -0.25) is 0 Å². The Morgan fingerprint density at radius 1 is 1.27 bits per heavy atom. The molecule has 0 amide bonds. The normalized spacial score (nSPS) is 10.1. The molecule has 1 rings (SSSR count). The van der Waals surface area contributed by atoms with Crippen LogP contribution in [0.15, 0.2) is 12.1 Å². The summed E-state index contributed by atoms with van der Waals surface area (Å²) >= 11 is 0. The Bertz CT molecular complexity index is 273. The van der Waals surface area contributed by atoms with Crippen LogP contribution in [-0.4, -0.2) is 0 Å². The van der Waals surface area contributed by atoms with Gasteiger partial charge in [-0.1, -0.05) is 0 Å². The summed E-state index contributed by atoms with van der Waals surface area (Å²) in [5.41, 5.74) is 10.6. The molecule has 1 aromatic rings. The van der Waals surface area contributed by atoms with E-state index in [1.807, 2.05) is 0 Å². The number of nitrogen functional groups attached to an aromatic ring is 1. The highest BCUT2D eigenvalue weighted by atomic mass is 19.1. The topological polar surface area (TPSA) is 52.0 Å². The highest BCUT2D eigenvalue weighted by Gasteiger charge is 2.05. The number of halogens is 2. The summed E-state index contributed by atoms with van der Waals surface area (Å²) in [6.07, 6.45) is 0. The second kappa shape index (κ2) is 2.84. The molecule has 0 aliphatic carbocycles. The van der Waals surface area contributed by atoms with E-state index in [-0.39, 0.29) is 12.2 Å². The fraction of sp³-hybridized carbons (Fsp3) is 0.143. The third kappa shape index (κ3) is 1.46. The van der Waals surface area contributed by atoms with E-state index in [1.54, 1.807) is 0 Å². The number of hydrogen-bond acceptors (Lipinski definition) is 2. The lowest BCUT2D eigenvalue weighted by Gasteiger charge is -2.02. The lowest BCUT2D eigenvalue weighted by molar-refractivity contribution is 0.583. The van der Waals surface area contributed by atoms with Crippen molar-refractivity contribution in [2.75, 3.05) is 5.73 Å². The molecule has 0 aromatic heterocycles. The van der Waals surface area contributed by atoms with Crippen LogP contribution in [0.3, 0.4) is 0 Å². The van der Waals surface area contributed by atoms with E-state index in [0.29, 0.717) is 5.56 Å². The molecule has 0 saturated heterocycles. The fourth-order valence-corrected chi connectivity index (χ4v) is 0.807. The monoisotopic (exact) mass is 158 g/mol. The molecule has 0 unspecified atom stereocenters. The van der Waals surface area contributed by atoms with Crippen LogP contribution in [0.5, 0.6) is 0 Å². The van der Waals surface area contributed by atoms with Gasteiger partial charge in [-0.2, -0.15) is 0 Å². The molecule has 4 N–H and O–H groups in total. The summed E-state index contributed by atoms with van der Waals surface area (Å²) in [7, 11) is 0. The molecule has 4 heteroatoms. The van der Waals surface area contributed by atoms with Crippen molar-refractivity contribution < 1.29 is 8.78 Å². The lowest BCUT2D eigenvalue weighted by atomic mass is 10.1. The average Bonchev–Trinajstić information content (AvgIpc) is 1.96. The van der Waals surface area contributed by atoms with Gasteiger partial charge < -0.3 is 11.5 Å². The first-order valence-electron chi connectivity index (χ1n) is 3.08. The van der Waals surface area contributed by atoms with Gasteiger partial charge in [0.05, 0.1) is 5.69 Å². The molecule has 0 spiro atoms. The first kappa shape index (κ1) is 7.94. The van der Waals surface area contributed by atoms with E-state index in [1.165, 1.54) is 0 Å². The van der Waals surface area contributed by atoms with Crippen LogP contribution >= 0.6 is 0 Å².